The second kappa shape index (κ2) is 6.87. The van der Waals surface area contributed by atoms with Gasteiger partial charge in [-0.3, -0.25) is 14.9 Å². The van der Waals surface area contributed by atoms with Crippen molar-refractivity contribution in [3.8, 4) is 0 Å². The van der Waals surface area contributed by atoms with Crippen molar-refractivity contribution in [2.75, 3.05) is 5.32 Å². The number of nitrogens with one attached hydrogen (secondary N) is 1. The Bertz CT molecular complexity index is 740. The smallest absolute Gasteiger partial charge is 0.269 e. The standard InChI is InChI=1S/C16H13ClN2O3/c1-11-10-14(19(21)22)7-8-15(11)18-16(20)9-4-12-2-5-13(17)6-3-12/h2-10H,1H3,(H,18,20)/b9-4+. The van der Waals surface area contributed by atoms with Crippen molar-refractivity contribution >= 4 is 35.0 Å². The van der Waals surface area contributed by atoms with Crippen molar-refractivity contribution in [2.24, 2.45) is 0 Å². The second-order valence-corrected chi connectivity index (χ2v) is 5.07. The lowest BCUT2D eigenvalue weighted by atomic mass is 10.1. The summed E-state index contributed by atoms with van der Waals surface area (Å²) in [5, 5.41) is 14.0. The van der Waals surface area contributed by atoms with Crippen LogP contribution in [0.25, 0.3) is 6.08 Å². The van der Waals surface area contributed by atoms with Crippen LogP contribution in [-0.2, 0) is 4.79 Å². The van der Waals surface area contributed by atoms with Gasteiger partial charge >= 0.3 is 0 Å². The van der Waals surface area contributed by atoms with E-state index in [0.29, 0.717) is 16.3 Å². The largest absolute Gasteiger partial charge is 0.322 e. The third kappa shape index (κ3) is 4.17. The van der Waals surface area contributed by atoms with E-state index < -0.39 is 4.92 Å². The molecule has 0 fully saturated rings. The number of anilines is 1. The summed E-state index contributed by atoms with van der Waals surface area (Å²) in [4.78, 5) is 22.1. The van der Waals surface area contributed by atoms with E-state index in [4.69, 9.17) is 11.6 Å². The summed E-state index contributed by atoms with van der Waals surface area (Å²) in [5.41, 5.74) is 2.01. The van der Waals surface area contributed by atoms with Crippen molar-refractivity contribution in [1.82, 2.24) is 0 Å². The number of carbonyl (C=O) groups excluding carboxylic acids is 1. The Labute approximate surface area is 132 Å². The van der Waals surface area contributed by atoms with Gasteiger partial charge < -0.3 is 5.32 Å². The molecule has 2 rings (SSSR count). The van der Waals surface area contributed by atoms with E-state index in [1.807, 2.05) is 0 Å². The minimum Gasteiger partial charge on any atom is -0.322 e. The number of nitro benzene ring substituents is 1. The Morgan fingerprint density at radius 3 is 2.50 bits per heavy atom. The number of halogens is 1. The van der Waals surface area contributed by atoms with Crippen molar-refractivity contribution in [3.63, 3.8) is 0 Å². The molecule has 22 heavy (non-hydrogen) atoms. The van der Waals surface area contributed by atoms with Crippen LogP contribution in [0.5, 0.6) is 0 Å². The van der Waals surface area contributed by atoms with Gasteiger partial charge in [0.05, 0.1) is 4.92 Å². The fraction of sp³-hybridized carbons (Fsp3) is 0.0625. The molecule has 0 saturated carbocycles. The van der Waals surface area contributed by atoms with Gasteiger partial charge in [-0.1, -0.05) is 23.7 Å². The number of hydrogen-bond donors (Lipinski definition) is 1. The normalized spacial score (nSPS) is 10.6. The maximum Gasteiger partial charge on any atom is 0.269 e. The second-order valence-electron chi connectivity index (χ2n) is 4.63. The fourth-order valence-corrected chi connectivity index (χ4v) is 1.95. The molecule has 0 aromatic heterocycles. The van der Waals surface area contributed by atoms with Crippen LogP contribution in [0.1, 0.15) is 11.1 Å². The average Bonchev–Trinajstić information content (AvgIpc) is 2.48. The molecule has 0 aliphatic carbocycles. The molecular weight excluding hydrogens is 304 g/mol. The van der Waals surface area contributed by atoms with Gasteiger partial charge in [-0.05, 0) is 42.3 Å². The van der Waals surface area contributed by atoms with Crippen LogP contribution in [-0.4, -0.2) is 10.8 Å². The Balaban J connectivity index is 2.05. The molecule has 0 radical (unpaired) electrons. The van der Waals surface area contributed by atoms with Gasteiger partial charge in [-0.25, -0.2) is 0 Å². The van der Waals surface area contributed by atoms with Crippen molar-refractivity contribution in [1.29, 1.82) is 0 Å². The predicted octanol–water partition coefficient (Wildman–Crippen LogP) is 4.21. The van der Waals surface area contributed by atoms with Crippen LogP contribution >= 0.6 is 11.6 Å². The summed E-state index contributed by atoms with van der Waals surface area (Å²) in [6.07, 6.45) is 3.05. The zero-order valence-electron chi connectivity index (χ0n) is 11.7. The van der Waals surface area contributed by atoms with Gasteiger partial charge in [-0.2, -0.15) is 0 Å². The highest BCUT2D eigenvalue weighted by atomic mass is 35.5. The SMILES string of the molecule is Cc1cc([N+](=O)[O-])ccc1NC(=O)/C=C/c1ccc(Cl)cc1. The van der Waals surface area contributed by atoms with Crippen LogP contribution in [0.15, 0.2) is 48.5 Å². The van der Waals surface area contributed by atoms with Gasteiger partial charge in [-0.15, -0.1) is 0 Å². The maximum atomic E-state index is 11.9. The molecular formula is C16H13ClN2O3. The highest BCUT2D eigenvalue weighted by Crippen LogP contribution is 2.21. The average molecular weight is 317 g/mol. The minimum absolute atomic E-state index is 0.00722. The third-order valence-corrected chi connectivity index (χ3v) is 3.23. The van der Waals surface area contributed by atoms with Gasteiger partial charge in [0, 0.05) is 28.9 Å². The van der Waals surface area contributed by atoms with Crippen molar-refractivity contribution in [2.45, 2.75) is 6.92 Å². The van der Waals surface area contributed by atoms with Gasteiger partial charge in [0.2, 0.25) is 5.91 Å². The molecule has 6 heteroatoms. The molecule has 112 valence electrons. The number of rotatable bonds is 4. The van der Waals surface area contributed by atoms with E-state index >= 15 is 0 Å². The van der Waals surface area contributed by atoms with Gasteiger partial charge in [0.25, 0.3) is 5.69 Å². The maximum absolute atomic E-state index is 11.9. The van der Waals surface area contributed by atoms with E-state index in [1.54, 1.807) is 37.3 Å². The zero-order valence-corrected chi connectivity index (χ0v) is 12.5. The first kappa shape index (κ1) is 15.7. The lowest BCUT2D eigenvalue weighted by Crippen LogP contribution is -2.09. The summed E-state index contributed by atoms with van der Waals surface area (Å²) in [6, 6.07) is 11.3. The molecule has 1 N–H and O–H groups in total. The number of nitro groups is 1. The van der Waals surface area contributed by atoms with E-state index in [9.17, 15) is 14.9 Å². The third-order valence-electron chi connectivity index (χ3n) is 2.98. The fourth-order valence-electron chi connectivity index (χ4n) is 1.82. The Hall–Kier alpha value is -2.66. The zero-order chi connectivity index (χ0) is 16.1. The van der Waals surface area contributed by atoms with Crippen LogP contribution in [0.2, 0.25) is 5.02 Å². The lowest BCUT2D eigenvalue weighted by molar-refractivity contribution is -0.384. The number of aryl methyl sites for hydroxylation is 1. The summed E-state index contributed by atoms with van der Waals surface area (Å²) < 4.78 is 0. The number of hydrogen-bond acceptors (Lipinski definition) is 3. The highest BCUT2D eigenvalue weighted by Gasteiger charge is 2.08. The molecule has 0 heterocycles. The van der Waals surface area contributed by atoms with Crippen LogP contribution in [0.4, 0.5) is 11.4 Å². The number of benzene rings is 2. The minimum atomic E-state index is -0.473. The number of amides is 1. The Morgan fingerprint density at radius 1 is 1.23 bits per heavy atom. The summed E-state index contributed by atoms with van der Waals surface area (Å²) in [5.74, 6) is -0.313. The molecule has 0 saturated heterocycles. The molecule has 2 aromatic carbocycles. The topological polar surface area (TPSA) is 72.2 Å². The van der Waals surface area contributed by atoms with Crippen molar-refractivity contribution < 1.29 is 9.72 Å². The quantitative estimate of drug-likeness (QED) is 0.521. The van der Waals surface area contributed by atoms with Crippen LogP contribution in [0, 0.1) is 17.0 Å². The highest BCUT2D eigenvalue weighted by molar-refractivity contribution is 6.30. The Morgan fingerprint density at radius 2 is 1.91 bits per heavy atom. The van der Waals surface area contributed by atoms with E-state index in [2.05, 4.69) is 5.32 Å². The Kier molecular flexibility index (Phi) is 4.91. The summed E-state index contributed by atoms with van der Waals surface area (Å²) >= 11 is 5.78. The molecule has 0 atom stereocenters. The van der Waals surface area contributed by atoms with Crippen molar-refractivity contribution in [3.05, 3.63) is 74.8 Å². The lowest BCUT2D eigenvalue weighted by Gasteiger charge is -2.05. The molecule has 5 nitrogen and oxygen atoms in total. The van der Waals surface area contributed by atoms with Crippen LogP contribution in [0.3, 0.4) is 0 Å². The first-order chi connectivity index (χ1) is 10.5. The monoisotopic (exact) mass is 316 g/mol. The number of non-ortho nitro benzene ring substituents is 1. The van der Waals surface area contributed by atoms with E-state index in [0.717, 1.165) is 5.56 Å². The van der Waals surface area contributed by atoms with E-state index in [1.165, 1.54) is 24.3 Å². The molecule has 0 aliphatic rings. The molecule has 0 bridgehead atoms. The summed E-state index contributed by atoms with van der Waals surface area (Å²) in [7, 11) is 0. The van der Waals surface area contributed by atoms with Gasteiger partial charge in [0.15, 0.2) is 0 Å². The van der Waals surface area contributed by atoms with Gasteiger partial charge in [0.1, 0.15) is 0 Å². The first-order valence-electron chi connectivity index (χ1n) is 6.45. The molecule has 1 amide bonds. The molecule has 2 aromatic rings. The first-order valence-corrected chi connectivity index (χ1v) is 6.83. The molecule has 0 unspecified atom stereocenters. The number of carbonyl (C=O) groups is 1. The van der Waals surface area contributed by atoms with E-state index in [-0.39, 0.29) is 11.6 Å². The van der Waals surface area contributed by atoms with Crippen LogP contribution < -0.4 is 5.32 Å². The predicted molar refractivity (Wildman–Crippen MR) is 86.9 cm³/mol. The summed E-state index contributed by atoms with van der Waals surface area (Å²) in [6.45, 7) is 1.70. The number of nitrogens with zero attached hydrogens (tertiary/aromatic N) is 1. The molecule has 0 aliphatic heterocycles. The molecule has 0 spiro atoms.